The molecule has 1 nitrogen and oxygen atoms in total. The molecule has 1 aromatic heterocycles. The fraction of sp³-hybridized carbons (Fsp3) is 0.0952. The Labute approximate surface area is 169 Å². The van der Waals surface area contributed by atoms with Crippen LogP contribution in [0.25, 0.3) is 16.5 Å². The fourth-order valence-corrected chi connectivity index (χ4v) is 3.54. The minimum absolute atomic E-state index is 0. The van der Waals surface area contributed by atoms with Crippen molar-refractivity contribution in [2.24, 2.45) is 0 Å². The first-order valence-electron chi connectivity index (χ1n) is 7.75. The summed E-state index contributed by atoms with van der Waals surface area (Å²) in [6.45, 7) is 0. The quantitative estimate of drug-likeness (QED) is 0.553. The molecule has 1 aliphatic carbocycles. The van der Waals surface area contributed by atoms with Gasteiger partial charge >= 0.3 is 145 Å². The zero-order chi connectivity index (χ0) is 15.7. The van der Waals surface area contributed by atoms with Crippen molar-refractivity contribution in [3.8, 4) is 0 Å². The third-order valence-corrected chi connectivity index (χ3v) is 4.79. The summed E-state index contributed by atoms with van der Waals surface area (Å²) in [5, 5.41) is 1.19. The van der Waals surface area contributed by atoms with Crippen LogP contribution in [0.2, 0.25) is 4.28 Å². The van der Waals surface area contributed by atoms with E-state index in [1.807, 2.05) is 18.2 Å². The number of benzene rings is 2. The molecule has 3 aromatic rings. The van der Waals surface area contributed by atoms with Crippen LogP contribution in [-0.4, -0.2) is 4.98 Å². The van der Waals surface area contributed by atoms with Crippen molar-refractivity contribution in [3.63, 3.8) is 0 Å². The van der Waals surface area contributed by atoms with Gasteiger partial charge in [-0.2, -0.15) is 0 Å². The summed E-state index contributed by atoms with van der Waals surface area (Å²) < 4.78 is -0.0966. The van der Waals surface area contributed by atoms with E-state index < -0.39 is 0 Å². The first kappa shape index (κ1) is 19.8. The van der Waals surface area contributed by atoms with E-state index in [1.54, 1.807) is 0 Å². The number of fused-ring (bicyclic) bond motifs is 1. The Balaban J connectivity index is 0.00000113. The Bertz CT molecular complexity index is 921. The summed E-state index contributed by atoms with van der Waals surface area (Å²) in [6.07, 6.45) is 7.61. The molecular weight excluding hydrogens is 389 g/mol. The van der Waals surface area contributed by atoms with E-state index in [0.29, 0.717) is 0 Å². The molecule has 4 rings (SSSR count). The number of hydrogen-bond acceptors (Lipinski definition) is 1. The van der Waals surface area contributed by atoms with Crippen LogP contribution in [-0.2, 0) is 22.7 Å². The van der Waals surface area contributed by atoms with Gasteiger partial charge in [-0.15, -0.1) is 0 Å². The van der Waals surface area contributed by atoms with Crippen LogP contribution in [0.3, 0.4) is 0 Å². The van der Waals surface area contributed by atoms with E-state index >= 15 is 0 Å². The van der Waals surface area contributed by atoms with Gasteiger partial charge in [0.1, 0.15) is 0 Å². The van der Waals surface area contributed by atoms with Crippen molar-refractivity contribution < 1.29 is 41.1 Å². The number of rotatable bonds is 3. The Hall–Kier alpha value is -1.56. The van der Waals surface area contributed by atoms with Crippen LogP contribution in [0.5, 0.6) is 0 Å². The average molecular weight is 405 g/mol. The summed E-state index contributed by atoms with van der Waals surface area (Å²) >= 11 is 3.35. The molecular formula is C21H16Cl2CrN. The van der Waals surface area contributed by atoms with Gasteiger partial charge < -0.3 is 24.8 Å². The van der Waals surface area contributed by atoms with Gasteiger partial charge in [0.15, 0.2) is 0 Å². The van der Waals surface area contributed by atoms with Crippen molar-refractivity contribution in [2.45, 2.75) is 10.7 Å². The molecule has 0 aliphatic heterocycles. The SMILES string of the molecule is [Cl-].[Cl-].[Cr+2][C]1(Cc2ccc3ccccc3n2)C=CC(c2ccccc2)=C1. The summed E-state index contributed by atoms with van der Waals surface area (Å²) in [7, 11) is 0. The molecule has 125 valence electrons. The van der Waals surface area contributed by atoms with Gasteiger partial charge in [-0.05, 0) is 0 Å². The number of pyridine rings is 1. The molecule has 0 saturated heterocycles. The van der Waals surface area contributed by atoms with Crippen molar-refractivity contribution in [2.75, 3.05) is 0 Å². The summed E-state index contributed by atoms with van der Waals surface area (Å²) in [4.78, 5) is 4.80. The number of hydrogen-bond donors (Lipinski definition) is 0. The van der Waals surface area contributed by atoms with Crippen molar-refractivity contribution >= 4 is 16.5 Å². The van der Waals surface area contributed by atoms with Crippen LogP contribution in [0.4, 0.5) is 0 Å². The third-order valence-electron chi connectivity index (χ3n) is 4.17. The van der Waals surface area contributed by atoms with E-state index in [1.165, 1.54) is 16.5 Å². The molecule has 0 amide bonds. The van der Waals surface area contributed by atoms with Gasteiger partial charge in [-0.3, -0.25) is 0 Å². The molecule has 1 atom stereocenters. The second-order valence-electron chi connectivity index (χ2n) is 5.93. The molecule has 1 unspecified atom stereocenters. The van der Waals surface area contributed by atoms with Crippen molar-refractivity contribution in [3.05, 3.63) is 96.2 Å². The molecule has 0 N–H and O–H groups in total. The first-order chi connectivity index (χ1) is 11.2. The first-order valence-corrected chi connectivity index (χ1v) is 8.38. The van der Waals surface area contributed by atoms with Crippen LogP contribution in [0, 0.1) is 0 Å². The number of halogens is 2. The van der Waals surface area contributed by atoms with E-state index in [2.05, 4.69) is 83.0 Å². The Morgan fingerprint density at radius 3 is 2.36 bits per heavy atom. The van der Waals surface area contributed by atoms with Gasteiger partial charge in [0.05, 0.1) is 0 Å². The van der Waals surface area contributed by atoms with Gasteiger partial charge in [-0.1, -0.05) is 0 Å². The molecule has 1 aliphatic rings. The van der Waals surface area contributed by atoms with Crippen LogP contribution in [0.15, 0.2) is 85.0 Å². The Morgan fingerprint density at radius 2 is 1.56 bits per heavy atom. The topological polar surface area (TPSA) is 12.9 Å². The maximum absolute atomic E-state index is 4.80. The van der Waals surface area contributed by atoms with E-state index in [0.717, 1.165) is 17.6 Å². The number of nitrogens with zero attached hydrogens (tertiary/aromatic N) is 1. The normalized spacial score (nSPS) is 18.3. The van der Waals surface area contributed by atoms with Gasteiger partial charge in [0, 0.05) is 0 Å². The maximum atomic E-state index is 4.80. The second-order valence-corrected chi connectivity index (χ2v) is 7.11. The minimum atomic E-state index is -0.0966. The van der Waals surface area contributed by atoms with Crippen molar-refractivity contribution in [1.82, 2.24) is 4.98 Å². The summed E-state index contributed by atoms with van der Waals surface area (Å²) in [6, 6.07) is 23.0. The molecule has 0 bridgehead atoms. The number of allylic oxidation sites excluding steroid dienone is 4. The predicted molar refractivity (Wildman–Crippen MR) is 91.7 cm³/mol. The molecule has 1 heterocycles. The molecule has 0 spiro atoms. The molecule has 25 heavy (non-hydrogen) atoms. The number of aromatic nitrogens is 1. The zero-order valence-electron chi connectivity index (χ0n) is 13.4. The molecule has 0 radical (unpaired) electrons. The molecule has 4 heteroatoms. The van der Waals surface area contributed by atoms with E-state index in [-0.39, 0.29) is 29.1 Å². The molecule has 2 aromatic carbocycles. The predicted octanol–water partition coefficient (Wildman–Crippen LogP) is -0.856. The average Bonchev–Trinajstić information content (AvgIpc) is 2.97. The number of para-hydroxylation sites is 1. The van der Waals surface area contributed by atoms with Gasteiger partial charge in [0.25, 0.3) is 0 Å². The second kappa shape index (κ2) is 8.21. The zero-order valence-corrected chi connectivity index (χ0v) is 16.2. The summed E-state index contributed by atoms with van der Waals surface area (Å²) in [5.74, 6) is 0. The van der Waals surface area contributed by atoms with Crippen LogP contribution < -0.4 is 24.8 Å². The van der Waals surface area contributed by atoms with Crippen LogP contribution in [0.1, 0.15) is 11.3 Å². The van der Waals surface area contributed by atoms with Crippen molar-refractivity contribution in [1.29, 1.82) is 0 Å². The standard InChI is InChI=1S/C21H16N.2ClH.Cr/c1-2-6-17(7-3-1)19-11-10-16(14-19)15-20-13-12-18-8-4-5-9-21(18)22-20;;;/h1-14H,15H2;2*1H;/q;;;+2/p-2. The monoisotopic (exact) mass is 404 g/mol. The van der Waals surface area contributed by atoms with E-state index in [4.69, 9.17) is 4.98 Å². The van der Waals surface area contributed by atoms with Crippen LogP contribution >= 0.6 is 0 Å². The summed E-state index contributed by atoms with van der Waals surface area (Å²) in [5.41, 5.74) is 4.69. The van der Waals surface area contributed by atoms with E-state index in [9.17, 15) is 0 Å². The Kier molecular flexibility index (Phi) is 6.49. The molecule has 0 saturated carbocycles. The fourth-order valence-electron chi connectivity index (χ4n) is 3.00. The Morgan fingerprint density at radius 1 is 0.840 bits per heavy atom. The molecule has 0 fully saturated rings. The van der Waals surface area contributed by atoms with Gasteiger partial charge in [0.2, 0.25) is 0 Å². The van der Waals surface area contributed by atoms with Gasteiger partial charge in [-0.25, -0.2) is 0 Å². The third kappa shape index (κ3) is 4.35.